The molecule has 0 radical (unpaired) electrons. The fraction of sp³-hybridized carbons (Fsp3) is 0.433. The van der Waals surface area contributed by atoms with E-state index in [-0.39, 0.29) is 12.0 Å². The van der Waals surface area contributed by atoms with E-state index in [4.69, 9.17) is 10.2 Å². The standard InChI is InChI=1S/C28H30N4O2.C2H6/c1-17-3-6-22(28(34)32-15-23(16-32)20-7-4-19(14-29)5-8-20)13-25(17)26-18(2)30-27(31-26)21-9-11-24(33)12-10-21;1-2/h3-8,13,21,23-24,33H,9-12,15-16H2,1-2H3,(H,30,31);1-2H3. The number of amides is 1. The summed E-state index contributed by atoms with van der Waals surface area (Å²) in [5.74, 6) is 1.69. The number of imidazole rings is 1. The summed E-state index contributed by atoms with van der Waals surface area (Å²) < 4.78 is 0. The van der Waals surface area contributed by atoms with Crippen LogP contribution < -0.4 is 0 Å². The van der Waals surface area contributed by atoms with E-state index < -0.39 is 0 Å². The van der Waals surface area contributed by atoms with E-state index in [2.05, 4.69) is 18.0 Å². The van der Waals surface area contributed by atoms with Crippen LogP contribution in [0.15, 0.2) is 42.5 Å². The number of rotatable bonds is 4. The molecule has 1 amide bonds. The molecule has 36 heavy (non-hydrogen) atoms. The smallest absolute Gasteiger partial charge is 0.253 e. The Kier molecular flexibility index (Phi) is 7.91. The fourth-order valence-electron chi connectivity index (χ4n) is 5.17. The predicted molar refractivity (Wildman–Crippen MR) is 142 cm³/mol. The van der Waals surface area contributed by atoms with E-state index in [9.17, 15) is 9.90 Å². The zero-order valence-corrected chi connectivity index (χ0v) is 21.7. The Morgan fingerprint density at radius 1 is 1.03 bits per heavy atom. The van der Waals surface area contributed by atoms with Crippen LogP contribution in [0.25, 0.3) is 11.3 Å². The van der Waals surface area contributed by atoms with Gasteiger partial charge in [0.15, 0.2) is 0 Å². The van der Waals surface area contributed by atoms with Crippen molar-refractivity contribution in [2.45, 2.75) is 71.3 Å². The molecule has 0 unspecified atom stereocenters. The molecule has 1 aromatic heterocycles. The fourth-order valence-corrected chi connectivity index (χ4v) is 5.17. The third-order valence-electron chi connectivity index (χ3n) is 7.41. The number of aromatic nitrogens is 2. The number of likely N-dealkylation sites (tertiary alicyclic amines) is 1. The van der Waals surface area contributed by atoms with E-state index in [0.29, 0.717) is 36.1 Å². The van der Waals surface area contributed by atoms with Crippen LogP contribution in [0.3, 0.4) is 0 Å². The molecule has 188 valence electrons. The van der Waals surface area contributed by atoms with Crippen molar-refractivity contribution in [2.24, 2.45) is 0 Å². The molecule has 2 heterocycles. The average Bonchev–Trinajstić information content (AvgIpc) is 3.26. The summed E-state index contributed by atoms with van der Waals surface area (Å²) >= 11 is 0. The van der Waals surface area contributed by atoms with E-state index >= 15 is 0 Å². The van der Waals surface area contributed by atoms with Crippen LogP contribution in [0.2, 0.25) is 0 Å². The summed E-state index contributed by atoms with van der Waals surface area (Å²) in [6, 6.07) is 15.7. The zero-order valence-electron chi connectivity index (χ0n) is 21.7. The van der Waals surface area contributed by atoms with Gasteiger partial charge in [-0.2, -0.15) is 5.26 Å². The van der Waals surface area contributed by atoms with Gasteiger partial charge in [0.1, 0.15) is 5.82 Å². The molecule has 5 rings (SSSR count). The molecule has 2 aliphatic rings. The number of carbonyl (C=O) groups excluding carboxylic acids is 1. The van der Waals surface area contributed by atoms with Gasteiger partial charge in [-0.05, 0) is 74.9 Å². The first kappa shape index (κ1) is 25.7. The second-order valence-electron chi connectivity index (χ2n) is 9.77. The molecule has 1 saturated carbocycles. The van der Waals surface area contributed by atoms with Gasteiger partial charge < -0.3 is 15.0 Å². The van der Waals surface area contributed by atoms with Crippen molar-refractivity contribution in [3.63, 3.8) is 0 Å². The predicted octanol–water partition coefficient (Wildman–Crippen LogP) is 5.85. The van der Waals surface area contributed by atoms with Crippen molar-refractivity contribution in [1.82, 2.24) is 14.9 Å². The van der Waals surface area contributed by atoms with Crippen LogP contribution in [0.1, 0.15) is 89.9 Å². The van der Waals surface area contributed by atoms with Crippen LogP contribution in [-0.2, 0) is 0 Å². The van der Waals surface area contributed by atoms with Gasteiger partial charge in [0.25, 0.3) is 5.91 Å². The molecule has 6 nitrogen and oxygen atoms in total. The van der Waals surface area contributed by atoms with Crippen LogP contribution in [0.4, 0.5) is 0 Å². The van der Waals surface area contributed by atoms with Crippen LogP contribution in [0.5, 0.6) is 0 Å². The highest BCUT2D eigenvalue weighted by Gasteiger charge is 2.32. The van der Waals surface area contributed by atoms with Crippen molar-refractivity contribution >= 4 is 5.91 Å². The number of aromatic amines is 1. The number of aryl methyl sites for hydroxylation is 2. The SMILES string of the molecule is CC.Cc1ccc(C(=O)N2CC(c3ccc(C#N)cc3)C2)cc1-c1nc(C2CCC(O)CC2)[nH]c1C. The molecule has 3 aromatic rings. The maximum absolute atomic E-state index is 13.2. The lowest BCUT2D eigenvalue weighted by molar-refractivity contribution is 0.0602. The first-order chi connectivity index (χ1) is 17.4. The molecular formula is C30H36N4O2. The molecule has 1 aliphatic heterocycles. The lowest BCUT2D eigenvalue weighted by Gasteiger charge is -2.39. The minimum Gasteiger partial charge on any atom is -0.393 e. The van der Waals surface area contributed by atoms with Gasteiger partial charge in [-0.1, -0.05) is 32.0 Å². The maximum atomic E-state index is 13.2. The summed E-state index contributed by atoms with van der Waals surface area (Å²) in [4.78, 5) is 23.5. The van der Waals surface area contributed by atoms with Crippen LogP contribution in [-0.4, -0.2) is 45.1 Å². The molecule has 0 bridgehead atoms. The first-order valence-electron chi connectivity index (χ1n) is 13.1. The molecule has 1 saturated heterocycles. The minimum atomic E-state index is -0.185. The van der Waals surface area contributed by atoms with Gasteiger partial charge in [0.2, 0.25) is 0 Å². The van der Waals surface area contributed by atoms with Gasteiger partial charge in [0, 0.05) is 41.7 Å². The van der Waals surface area contributed by atoms with E-state index in [0.717, 1.165) is 54.0 Å². The second kappa shape index (κ2) is 11.1. The zero-order chi connectivity index (χ0) is 25.8. The van der Waals surface area contributed by atoms with E-state index in [1.165, 1.54) is 5.56 Å². The molecular weight excluding hydrogens is 448 g/mol. The van der Waals surface area contributed by atoms with Crippen molar-refractivity contribution in [3.8, 4) is 17.3 Å². The molecule has 6 heteroatoms. The number of hydrogen-bond donors (Lipinski definition) is 2. The number of nitriles is 1. The number of H-pyrrole nitrogens is 1. The summed E-state index contributed by atoms with van der Waals surface area (Å²) in [6.45, 7) is 9.47. The highest BCUT2D eigenvalue weighted by Crippen LogP contribution is 2.35. The first-order valence-corrected chi connectivity index (χ1v) is 13.1. The second-order valence-corrected chi connectivity index (χ2v) is 9.77. The van der Waals surface area contributed by atoms with Crippen molar-refractivity contribution in [3.05, 3.63) is 76.2 Å². The normalized spacial score (nSPS) is 19.6. The highest BCUT2D eigenvalue weighted by atomic mass is 16.3. The Labute approximate surface area is 214 Å². The third kappa shape index (κ3) is 5.22. The molecule has 0 atom stereocenters. The maximum Gasteiger partial charge on any atom is 0.253 e. The van der Waals surface area contributed by atoms with Crippen LogP contribution >= 0.6 is 0 Å². The number of aliphatic hydroxyl groups excluding tert-OH is 1. The summed E-state index contributed by atoms with van der Waals surface area (Å²) in [5, 5.41) is 18.8. The minimum absolute atomic E-state index is 0.0424. The van der Waals surface area contributed by atoms with Gasteiger partial charge in [-0.15, -0.1) is 0 Å². The lowest BCUT2D eigenvalue weighted by Crippen LogP contribution is -2.48. The molecule has 2 N–H and O–H groups in total. The number of hydrogen-bond acceptors (Lipinski definition) is 4. The Morgan fingerprint density at radius 3 is 2.33 bits per heavy atom. The van der Waals surface area contributed by atoms with E-state index in [1.54, 1.807) is 0 Å². The van der Waals surface area contributed by atoms with Gasteiger partial charge >= 0.3 is 0 Å². The number of carbonyl (C=O) groups is 1. The number of nitrogens with zero attached hydrogens (tertiary/aromatic N) is 3. The van der Waals surface area contributed by atoms with Crippen molar-refractivity contribution in [1.29, 1.82) is 5.26 Å². The number of benzene rings is 2. The Balaban J connectivity index is 0.00000148. The van der Waals surface area contributed by atoms with Crippen molar-refractivity contribution < 1.29 is 9.90 Å². The highest BCUT2D eigenvalue weighted by molar-refractivity contribution is 5.96. The number of aliphatic hydroxyl groups is 1. The Hall–Kier alpha value is -3.43. The average molecular weight is 485 g/mol. The summed E-state index contributed by atoms with van der Waals surface area (Å²) in [5.41, 5.74) is 6.51. The van der Waals surface area contributed by atoms with Gasteiger partial charge in [-0.25, -0.2) is 4.98 Å². The third-order valence-corrected chi connectivity index (χ3v) is 7.41. The topological polar surface area (TPSA) is 93.0 Å². The molecule has 2 aromatic carbocycles. The number of nitrogens with one attached hydrogen (secondary N) is 1. The monoisotopic (exact) mass is 484 g/mol. The Bertz CT molecular complexity index is 1240. The van der Waals surface area contributed by atoms with Gasteiger partial charge in [-0.3, -0.25) is 4.79 Å². The lowest BCUT2D eigenvalue weighted by atomic mass is 9.87. The quantitative estimate of drug-likeness (QED) is 0.486. The van der Waals surface area contributed by atoms with E-state index in [1.807, 2.05) is 68.1 Å². The summed E-state index contributed by atoms with van der Waals surface area (Å²) in [6.07, 6.45) is 3.35. The molecule has 0 spiro atoms. The van der Waals surface area contributed by atoms with Gasteiger partial charge in [0.05, 0.1) is 23.4 Å². The Morgan fingerprint density at radius 2 is 1.69 bits per heavy atom. The molecule has 2 fully saturated rings. The van der Waals surface area contributed by atoms with Crippen LogP contribution in [0, 0.1) is 25.2 Å². The summed E-state index contributed by atoms with van der Waals surface area (Å²) in [7, 11) is 0. The largest absolute Gasteiger partial charge is 0.393 e. The molecule has 1 aliphatic carbocycles. The van der Waals surface area contributed by atoms with Crippen molar-refractivity contribution in [2.75, 3.05) is 13.1 Å².